The van der Waals surface area contributed by atoms with Crippen LogP contribution >= 0.6 is 27.3 Å². The lowest BCUT2D eigenvalue weighted by Crippen LogP contribution is -1.99. The van der Waals surface area contributed by atoms with Crippen molar-refractivity contribution in [3.05, 3.63) is 45.2 Å². The Hall–Kier alpha value is -1.40. The van der Waals surface area contributed by atoms with Gasteiger partial charge < -0.3 is 5.32 Å². The fourth-order valence-electron chi connectivity index (χ4n) is 1.52. The summed E-state index contributed by atoms with van der Waals surface area (Å²) < 4.78 is 2.87. The number of nitrogens with zero attached hydrogens (tertiary/aromatic N) is 3. The Labute approximate surface area is 110 Å². The summed E-state index contributed by atoms with van der Waals surface area (Å²) in [5.41, 5.74) is 0.849. The van der Waals surface area contributed by atoms with E-state index in [-0.39, 0.29) is 0 Å². The van der Waals surface area contributed by atoms with Crippen LogP contribution in [0.5, 0.6) is 0 Å². The number of thiophene rings is 1. The summed E-state index contributed by atoms with van der Waals surface area (Å²) in [7, 11) is 0. The second-order valence-electron chi connectivity index (χ2n) is 3.52. The molecule has 0 unspecified atom stereocenters. The van der Waals surface area contributed by atoms with Crippen LogP contribution in [0.25, 0.3) is 5.65 Å². The predicted molar refractivity (Wildman–Crippen MR) is 72.3 cm³/mol. The van der Waals surface area contributed by atoms with Gasteiger partial charge in [0.1, 0.15) is 0 Å². The first-order chi connectivity index (χ1) is 8.31. The van der Waals surface area contributed by atoms with Crippen LogP contribution in [0.2, 0.25) is 0 Å². The summed E-state index contributed by atoms with van der Waals surface area (Å²) in [5.74, 6) is 0.653. The van der Waals surface area contributed by atoms with Crippen LogP contribution in [0.1, 0.15) is 4.88 Å². The molecule has 3 heterocycles. The van der Waals surface area contributed by atoms with E-state index in [1.54, 1.807) is 15.9 Å². The fraction of sp³-hybridized carbons (Fsp3) is 0.0909. The maximum Gasteiger partial charge on any atom is 0.243 e. The highest BCUT2D eigenvalue weighted by molar-refractivity contribution is 9.10. The minimum atomic E-state index is 0.653. The lowest BCUT2D eigenvalue weighted by Gasteiger charge is -1.96. The molecule has 0 aromatic carbocycles. The Morgan fingerprint density at radius 3 is 3.12 bits per heavy atom. The lowest BCUT2D eigenvalue weighted by molar-refractivity contribution is 0.952. The number of hydrogen-bond acceptors (Lipinski definition) is 4. The molecule has 0 aliphatic rings. The molecule has 0 spiro atoms. The fourth-order valence-corrected chi connectivity index (χ4v) is 2.91. The standard InChI is InChI=1S/C11H9BrN4S/c12-8-5-9(17-7-8)6-13-11-14-10-3-1-2-4-16(10)15-11/h1-5,7H,6H2,(H,13,15). The van der Waals surface area contributed by atoms with Gasteiger partial charge in [0, 0.05) is 20.9 Å². The summed E-state index contributed by atoms with van der Waals surface area (Å²) >= 11 is 5.14. The van der Waals surface area contributed by atoms with Gasteiger partial charge >= 0.3 is 0 Å². The van der Waals surface area contributed by atoms with Crippen molar-refractivity contribution in [2.75, 3.05) is 5.32 Å². The first-order valence-electron chi connectivity index (χ1n) is 5.09. The maximum absolute atomic E-state index is 4.37. The smallest absolute Gasteiger partial charge is 0.243 e. The molecule has 86 valence electrons. The highest BCUT2D eigenvalue weighted by Gasteiger charge is 2.03. The zero-order valence-corrected chi connectivity index (χ0v) is 11.2. The molecule has 3 aromatic rings. The van der Waals surface area contributed by atoms with Gasteiger partial charge in [0.05, 0.1) is 6.54 Å². The Morgan fingerprint density at radius 1 is 1.41 bits per heavy atom. The molecule has 1 N–H and O–H groups in total. The van der Waals surface area contributed by atoms with E-state index < -0.39 is 0 Å². The van der Waals surface area contributed by atoms with Crippen LogP contribution in [0.15, 0.2) is 40.3 Å². The summed E-state index contributed by atoms with van der Waals surface area (Å²) in [6, 6.07) is 7.90. The van der Waals surface area contributed by atoms with Crippen LogP contribution in [0.4, 0.5) is 5.95 Å². The number of rotatable bonds is 3. The molecular formula is C11H9BrN4S. The predicted octanol–water partition coefficient (Wildman–Crippen LogP) is 3.17. The van der Waals surface area contributed by atoms with Gasteiger partial charge in [0.2, 0.25) is 5.95 Å². The molecule has 3 aromatic heterocycles. The molecule has 17 heavy (non-hydrogen) atoms. The molecule has 0 aliphatic heterocycles. The van der Waals surface area contributed by atoms with E-state index in [2.05, 4.69) is 42.8 Å². The summed E-state index contributed by atoms with van der Waals surface area (Å²) in [6.07, 6.45) is 1.88. The van der Waals surface area contributed by atoms with Gasteiger partial charge in [0.25, 0.3) is 0 Å². The molecule has 0 atom stereocenters. The third kappa shape index (κ3) is 2.32. The normalized spacial score (nSPS) is 10.9. The SMILES string of the molecule is Brc1csc(CNc2nc3ccccn3n2)c1. The van der Waals surface area contributed by atoms with Crippen molar-refractivity contribution >= 4 is 38.9 Å². The van der Waals surface area contributed by atoms with Crippen molar-refractivity contribution in [2.45, 2.75) is 6.54 Å². The average Bonchev–Trinajstić information content (AvgIpc) is 2.91. The van der Waals surface area contributed by atoms with E-state index in [0.29, 0.717) is 5.95 Å². The Balaban J connectivity index is 1.76. The number of halogens is 1. The van der Waals surface area contributed by atoms with Crippen molar-refractivity contribution in [2.24, 2.45) is 0 Å². The highest BCUT2D eigenvalue weighted by atomic mass is 79.9. The molecule has 4 nitrogen and oxygen atoms in total. The zero-order valence-electron chi connectivity index (χ0n) is 8.80. The van der Waals surface area contributed by atoms with Gasteiger partial charge in [-0.25, -0.2) is 4.52 Å². The molecule has 0 bridgehead atoms. The summed E-state index contributed by atoms with van der Waals surface area (Å²) in [6.45, 7) is 0.743. The highest BCUT2D eigenvalue weighted by Crippen LogP contribution is 2.20. The topological polar surface area (TPSA) is 42.2 Å². The maximum atomic E-state index is 4.37. The van der Waals surface area contributed by atoms with E-state index >= 15 is 0 Å². The van der Waals surface area contributed by atoms with E-state index in [1.807, 2.05) is 24.4 Å². The zero-order chi connectivity index (χ0) is 11.7. The summed E-state index contributed by atoms with van der Waals surface area (Å²) in [4.78, 5) is 5.61. The van der Waals surface area contributed by atoms with Gasteiger partial charge in [-0.15, -0.1) is 16.4 Å². The van der Waals surface area contributed by atoms with Gasteiger partial charge in [-0.3, -0.25) is 0 Å². The van der Waals surface area contributed by atoms with Crippen LogP contribution in [0.3, 0.4) is 0 Å². The van der Waals surface area contributed by atoms with E-state index in [0.717, 1.165) is 16.7 Å². The first kappa shape index (κ1) is 10.7. The third-order valence-corrected chi connectivity index (χ3v) is 3.98. The van der Waals surface area contributed by atoms with Crippen LogP contribution < -0.4 is 5.32 Å². The molecule has 0 radical (unpaired) electrons. The number of fused-ring (bicyclic) bond motifs is 1. The number of nitrogens with one attached hydrogen (secondary N) is 1. The molecule has 0 saturated heterocycles. The van der Waals surface area contributed by atoms with E-state index in [9.17, 15) is 0 Å². The second kappa shape index (κ2) is 4.46. The Kier molecular flexibility index (Phi) is 2.82. The molecule has 0 amide bonds. The van der Waals surface area contributed by atoms with Gasteiger partial charge in [-0.2, -0.15) is 4.98 Å². The number of pyridine rings is 1. The van der Waals surface area contributed by atoms with Gasteiger partial charge in [0.15, 0.2) is 5.65 Å². The molecule has 6 heteroatoms. The lowest BCUT2D eigenvalue weighted by atomic mass is 10.5. The molecule has 0 fully saturated rings. The molecule has 0 aliphatic carbocycles. The Morgan fingerprint density at radius 2 is 2.35 bits per heavy atom. The molecule has 3 rings (SSSR count). The van der Waals surface area contributed by atoms with Crippen LogP contribution in [0, 0.1) is 0 Å². The summed E-state index contributed by atoms with van der Waals surface area (Å²) in [5, 5.41) is 9.60. The van der Waals surface area contributed by atoms with Crippen LogP contribution in [-0.4, -0.2) is 14.6 Å². The quantitative estimate of drug-likeness (QED) is 0.808. The van der Waals surface area contributed by atoms with Crippen molar-refractivity contribution in [1.29, 1.82) is 0 Å². The first-order valence-corrected chi connectivity index (χ1v) is 6.77. The molecule has 0 saturated carbocycles. The monoisotopic (exact) mass is 308 g/mol. The number of anilines is 1. The van der Waals surface area contributed by atoms with Crippen molar-refractivity contribution in [1.82, 2.24) is 14.6 Å². The molecular weight excluding hydrogens is 300 g/mol. The second-order valence-corrected chi connectivity index (χ2v) is 5.44. The average molecular weight is 309 g/mol. The van der Waals surface area contributed by atoms with E-state index in [4.69, 9.17) is 0 Å². The van der Waals surface area contributed by atoms with Crippen LogP contribution in [-0.2, 0) is 6.54 Å². The van der Waals surface area contributed by atoms with Gasteiger partial charge in [-0.05, 0) is 34.1 Å². The minimum Gasteiger partial charge on any atom is -0.348 e. The van der Waals surface area contributed by atoms with Crippen molar-refractivity contribution < 1.29 is 0 Å². The minimum absolute atomic E-state index is 0.653. The van der Waals surface area contributed by atoms with Crippen molar-refractivity contribution in [3.8, 4) is 0 Å². The number of hydrogen-bond donors (Lipinski definition) is 1. The van der Waals surface area contributed by atoms with E-state index in [1.165, 1.54) is 4.88 Å². The van der Waals surface area contributed by atoms with Gasteiger partial charge in [-0.1, -0.05) is 6.07 Å². The third-order valence-electron chi connectivity index (χ3n) is 2.28. The number of aromatic nitrogens is 3. The Bertz CT molecular complexity index is 613. The largest absolute Gasteiger partial charge is 0.348 e. The van der Waals surface area contributed by atoms with Crippen molar-refractivity contribution in [3.63, 3.8) is 0 Å².